The van der Waals surface area contributed by atoms with Gasteiger partial charge in [0.2, 0.25) is 0 Å². The normalized spacial score (nSPS) is 17.7. The summed E-state index contributed by atoms with van der Waals surface area (Å²) in [6.07, 6.45) is -0.183. The number of methoxy groups -OCH3 is 2. The zero-order valence-electron chi connectivity index (χ0n) is 14.9. The van der Waals surface area contributed by atoms with Crippen molar-refractivity contribution in [2.75, 3.05) is 14.2 Å². The first-order valence-corrected chi connectivity index (χ1v) is 8.21. The SMILES string of the molecule is COc1cccc(-c2ccc3c(c2)CC(C)(C)C3NC(=O)O)c1OC. The molecule has 132 valence electrons. The third-order valence-corrected chi connectivity index (χ3v) is 4.86. The van der Waals surface area contributed by atoms with Gasteiger partial charge in [-0.1, -0.05) is 44.2 Å². The summed E-state index contributed by atoms with van der Waals surface area (Å²) in [7, 11) is 3.25. The van der Waals surface area contributed by atoms with Crippen LogP contribution in [-0.2, 0) is 6.42 Å². The van der Waals surface area contributed by atoms with Gasteiger partial charge in [-0.05, 0) is 34.6 Å². The molecule has 0 radical (unpaired) electrons. The van der Waals surface area contributed by atoms with Crippen LogP contribution in [0.3, 0.4) is 0 Å². The van der Waals surface area contributed by atoms with Gasteiger partial charge in [0.1, 0.15) is 0 Å². The number of carbonyl (C=O) groups is 1. The van der Waals surface area contributed by atoms with Crippen molar-refractivity contribution < 1.29 is 19.4 Å². The molecule has 0 aromatic heterocycles. The molecule has 0 heterocycles. The van der Waals surface area contributed by atoms with E-state index >= 15 is 0 Å². The maximum atomic E-state index is 11.2. The average molecular weight is 341 g/mol. The van der Waals surface area contributed by atoms with Crippen molar-refractivity contribution in [2.24, 2.45) is 5.41 Å². The van der Waals surface area contributed by atoms with Gasteiger partial charge in [-0.15, -0.1) is 0 Å². The minimum absolute atomic E-state index is 0.169. The number of carboxylic acid groups (broad SMARTS) is 1. The summed E-state index contributed by atoms with van der Waals surface area (Å²) in [4.78, 5) is 11.2. The van der Waals surface area contributed by atoms with Crippen LogP contribution in [0.2, 0.25) is 0 Å². The summed E-state index contributed by atoms with van der Waals surface area (Å²) in [5.41, 5.74) is 4.01. The first-order chi connectivity index (χ1) is 11.9. The molecule has 0 spiro atoms. The van der Waals surface area contributed by atoms with Crippen molar-refractivity contribution in [3.05, 3.63) is 47.5 Å². The van der Waals surface area contributed by atoms with E-state index in [1.54, 1.807) is 14.2 Å². The maximum Gasteiger partial charge on any atom is 0.405 e. The molecule has 1 aliphatic carbocycles. The Morgan fingerprint density at radius 3 is 2.60 bits per heavy atom. The van der Waals surface area contributed by atoms with Crippen molar-refractivity contribution in [1.82, 2.24) is 5.32 Å². The average Bonchev–Trinajstić information content (AvgIpc) is 2.82. The number of ether oxygens (including phenoxy) is 2. The highest BCUT2D eigenvalue weighted by Gasteiger charge is 2.40. The Labute approximate surface area is 147 Å². The summed E-state index contributed by atoms with van der Waals surface area (Å²) < 4.78 is 10.9. The van der Waals surface area contributed by atoms with Gasteiger partial charge < -0.3 is 19.9 Å². The van der Waals surface area contributed by atoms with Crippen LogP contribution in [-0.4, -0.2) is 25.4 Å². The lowest BCUT2D eigenvalue weighted by Crippen LogP contribution is -2.34. The van der Waals surface area contributed by atoms with Gasteiger partial charge in [0.05, 0.1) is 20.3 Å². The Morgan fingerprint density at radius 2 is 1.96 bits per heavy atom. The number of nitrogens with one attached hydrogen (secondary N) is 1. The molecule has 0 saturated carbocycles. The third-order valence-electron chi connectivity index (χ3n) is 4.86. The topological polar surface area (TPSA) is 67.8 Å². The van der Waals surface area contributed by atoms with Crippen molar-refractivity contribution >= 4 is 6.09 Å². The van der Waals surface area contributed by atoms with Crippen molar-refractivity contribution in [1.29, 1.82) is 0 Å². The number of amides is 1. The lowest BCUT2D eigenvalue weighted by molar-refractivity contribution is 0.175. The first kappa shape index (κ1) is 17.1. The van der Waals surface area contributed by atoms with E-state index in [1.165, 1.54) is 0 Å². The quantitative estimate of drug-likeness (QED) is 0.872. The Morgan fingerprint density at radius 1 is 1.20 bits per heavy atom. The van der Waals surface area contributed by atoms with Crippen molar-refractivity contribution in [3.8, 4) is 22.6 Å². The number of hydrogen-bond donors (Lipinski definition) is 2. The minimum Gasteiger partial charge on any atom is -0.493 e. The van der Waals surface area contributed by atoms with Crippen molar-refractivity contribution in [3.63, 3.8) is 0 Å². The highest BCUT2D eigenvalue weighted by Crippen LogP contribution is 2.47. The monoisotopic (exact) mass is 341 g/mol. The van der Waals surface area contributed by atoms with Crippen LogP contribution in [0.25, 0.3) is 11.1 Å². The Balaban J connectivity index is 2.06. The van der Waals surface area contributed by atoms with Gasteiger partial charge in [0.25, 0.3) is 0 Å². The molecule has 0 saturated heterocycles. The number of rotatable bonds is 4. The fraction of sp³-hybridized carbons (Fsp3) is 0.350. The van der Waals surface area contributed by atoms with Crippen LogP contribution in [0, 0.1) is 5.41 Å². The van der Waals surface area contributed by atoms with Gasteiger partial charge in [0, 0.05) is 5.56 Å². The Kier molecular flexibility index (Phi) is 4.33. The molecule has 2 aromatic rings. The molecule has 25 heavy (non-hydrogen) atoms. The lowest BCUT2D eigenvalue weighted by Gasteiger charge is -2.27. The molecule has 0 bridgehead atoms. The maximum absolute atomic E-state index is 11.2. The summed E-state index contributed by atoms with van der Waals surface area (Å²) >= 11 is 0. The predicted molar refractivity (Wildman–Crippen MR) is 96.4 cm³/mol. The molecule has 0 aliphatic heterocycles. The van der Waals surface area contributed by atoms with Crippen LogP contribution in [0.4, 0.5) is 4.79 Å². The van der Waals surface area contributed by atoms with E-state index < -0.39 is 6.09 Å². The third kappa shape index (κ3) is 3.02. The summed E-state index contributed by atoms with van der Waals surface area (Å²) in [6, 6.07) is 11.7. The molecular formula is C20H23NO4. The largest absolute Gasteiger partial charge is 0.493 e. The number of fused-ring (bicyclic) bond motifs is 1. The highest BCUT2D eigenvalue weighted by atomic mass is 16.5. The highest BCUT2D eigenvalue weighted by molar-refractivity contribution is 5.75. The van der Waals surface area contributed by atoms with E-state index in [1.807, 2.05) is 30.3 Å². The fourth-order valence-corrected chi connectivity index (χ4v) is 3.73. The zero-order valence-corrected chi connectivity index (χ0v) is 14.9. The minimum atomic E-state index is -0.996. The Bertz CT molecular complexity index is 813. The molecular weight excluding hydrogens is 318 g/mol. The second-order valence-electron chi connectivity index (χ2n) is 7.00. The second kappa shape index (κ2) is 6.31. The second-order valence-corrected chi connectivity index (χ2v) is 7.00. The van der Waals surface area contributed by atoms with Crippen LogP contribution in [0.1, 0.15) is 31.0 Å². The molecule has 5 heteroatoms. The van der Waals surface area contributed by atoms with E-state index in [4.69, 9.17) is 14.6 Å². The molecule has 1 amide bonds. The summed E-state index contributed by atoms with van der Waals surface area (Å²) in [6.45, 7) is 4.17. The Hall–Kier alpha value is -2.69. The van der Waals surface area contributed by atoms with E-state index in [-0.39, 0.29) is 11.5 Å². The van der Waals surface area contributed by atoms with Gasteiger partial charge in [-0.25, -0.2) is 4.79 Å². The van der Waals surface area contributed by atoms with Gasteiger partial charge >= 0.3 is 6.09 Å². The smallest absolute Gasteiger partial charge is 0.405 e. The lowest BCUT2D eigenvalue weighted by atomic mass is 9.85. The molecule has 0 fully saturated rings. The van der Waals surface area contributed by atoms with E-state index in [0.717, 1.165) is 28.7 Å². The van der Waals surface area contributed by atoms with Crippen LogP contribution in [0.5, 0.6) is 11.5 Å². The predicted octanol–water partition coefficient (Wildman–Crippen LogP) is 4.26. The zero-order chi connectivity index (χ0) is 18.2. The van der Waals surface area contributed by atoms with Crippen LogP contribution >= 0.6 is 0 Å². The number of benzene rings is 2. The summed E-state index contributed by atoms with van der Waals surface area (Å²) in [5.74, 6) is 1.38. The molecule has 2 N–H and O–H groups in total. The van der Waals surface area contributed by atoms with Crippen LogP contribution in [0.15, 0.2) is 36.4 Å². The van der Waals surface area contributed by atoms with E-state index in [0.29, 0.717) is 11.5 Å². The first-order valence-electron chi connectivity index (χ1n) is 8.21. The molecule has 1 atom stereocenters. The van der Waals surface area contributed by atoms with Gasteiger partial charge in [-0.2, -0.15) is 0 Å². The molecule has 1 unspecified atom stereocenters. The van der Waals surface area contributed by atoms with Gasteiger partial charge in [0.15, 0.2) is 11.5 Å². The van der Waals surface area contributed by atoms with Gasteiger partial charge in [-0.3, -0.25) is 0 Å². The molecule has 2 aromatic carbocycles. The molecule has 5 nitrogen and oxygen atoms in total. The van der Waals surface area contributed by atoms with E-state index in [9.17, 15) is 4.79 Å². The standard InChI is InChI=1S/C20H23NO4/c1-20(2)11-13-10-12(8-9-15(13)18(20)21-19(22)23)14-6-5-7-16(24-3)17(14)25-4/h5-10,18,21H,11H2,1-4H3,(H,22,23). The number of para-hydroxylation sites is 1. The molecule has 3 rings (SSSR count). The fourth-order valence-electron chi connectivity index (χ4n) is 3.73. The molecule has 1 aliphatic rings. The van der Waals surface area contributed by atoms with Crippen molar-refractivity contribution in [2.45, 2.75) is 26.3 Å². The number of hydrogen-bond acceptors (Lipinski definition) is 3. The summed E-state index contributed by atoms with van der Waals surface area (Å²) in [5, 5.41) is 11.8. The van der Waals surface area contributed by atoms with E-state index in [2.05, 4.69) is 25.2 Å². The van der Waals surface area contributed by atoms with Crippen LogP contribution < -0.4 is 14.8 Å².